The first-order valence-electron chi connectivity index (χ1n) is 32.9. The zero-order valence-electron chi connectivity index (χ0n) is 52.7. The molecule has 3 heterocycles. The molecule has 0 radical (unpaired) electrons. The number of nitrogens with one attached hydrogen (secondary N) is 2. The molecule has 1 aliphatic heterocycles. The van der Waals surface area contributed by atoms with Crippen LogP contribution in [0.4, 0.5) is 13.2 Å². The molecule has 15 rings (SSSR count). The van der Waals surface area contributed by atoms with E-state index in [1.807, 2.05) is 99.6 Å². The molecule has 91 heavy (non-hydrogen) atoms. The van der Waals surface area contributed by atoms with Crippen LogP contribution in [0.5, 0.6) is 11.5 Å². The molecule has 8 saturated carbocycles. The summed E-state index contributed by atoms with van der Waals surface area (Å²) >= 11 is 6.85. The first-order valence-corrected chi connectivity index (χ1v) is 33.3. The number of alkyl halides is 3. The van der Waals surface area contributed by atoms with Crippen molar-refractivity contribution in [3.63, 3.8) is 0 Å². The third-order valence-corrected chi connectivity index (χ3v) is 22.2. The van der Waals surface area contributed by atoms with E-state index in [1.165, 1.54) is 25.0 Å². The van der Waals surface area contributed by atoms with Crippen molar-refractivity contribution >= 4 is 35.4 Å². The van der Waals surface area contributed by atoms with E-state index < -0.39 is 46.6 Å². The van der Waals surface area contributed by atoms with Gasteiger partial charge in [-0.2, -0.15) is 13.2 Å². The molecular weight excluding hydrogens is 1180 g/mol. The molecule has 4 aromatic carbocycles. The molecule has 0 spiro atoms. The molecule has 17 heteroatoms. The maximum absolute atomic E-state index is 15.9. The number of pyridine rings is 2. The second-order valence-electron chi connectivity index (χ2n) is 27.9. The molecule has 1 unspecified atom stereocenters. The molecule has 8 aliphatic carbocycles. The highest BCUT2D eigenvalue weighted by Crippen LogP contribution is 2.61. The Kier molecular flexibility index (Phi) is 17.5. The quantitative estimate of drug-likeness (QED) is 0.0453. The van der Waals surface area contributed by atoms with Gasteiger partial charge in [-0.3, -0.25) is 9.59 Å². The van der Waals surface area contributed by atoms with Gasteiger partial charge < -0.3 is 34.6 Å². The standard InChI is InChI=1S/C74H82ClF3N6O7/c1-43-13-6-8-16-56(43)58-20-24-62(79-66(58)49-18-22-60(74(76,77)78)64(41-49)89-29-12-27-83(3)4)68(85)81-72(51-33-45-31-46(35-51)36-52(72)34-45)70(87)91-71(88)73(53-37-47-32-48(39-53)40-54(73)38-47)82-69(86)63-25-21-59(57-17-9-7-14-44(57)2)67(80-63)50-19-23-61(75)65(42-50)90-30-26-55-15-10-11-28-84(55)5/h6-9,13-14,16-25,41-42,45-48,51-55H,10-12,15,26-40H2,1-5H3,(H,81,85)(H,82,86). The molecule has 1 atom stereocenters. The number of piperidine rings is 1. The summed E-state index contributed by atoms with van der Waals surface area (Å²) in [6, 6.07) is 32.2. The fraction of sp³-hybridized carbons (Fsp3) is 0.486. The van der Waals surface area contributed by atoms with Crippen molar-refractivity contribution in [2.24, 2.45) is 47.3 Å². The highest BCUT2D eigenvalue weighted by Gasteiger charge is 2.67. The molecule has 1 saturated heterocycles. The zero-order chi connectivity index (χ0) is 63.5. The highest BCUT2D eigenvalue weighted by atomic mass is 35.5. The van der Waals surface area contributed by atoms with Gasteiger partial charge >= 0.3 is 18.1 Å². The summed E-state index contributed by atoms with van der Waals surface area (Å²) in [5.74, 6) is -2.74. The minimum absolute atomic E-state index is 0.0356. The number of carbonyl (C=O) groups excluding carboxylic acids is 4. The van der Waals surface area contributed by atoms with Gasteiger partial charge in [-0.1, -0.05) is 78.7 Å². The number of aromatic nitrogens is 2. The van der Waals surface area contributed by atoms with Gasteiger partial charge in [0.25, 0.3) is 11.8 Å². The highest BCUT2D eigenvalue weighted by molar-refractivity contribution is 6.32. The molecule has 2 aromatic heterocycles. The fourth-order valence-electron chi connectivity index (χ4n) is 17.7. The van der Waals surface area contributed by atoms with Gasteiger partial charge in [-0.05, 0) is 250 Å². The summed E-state index contributed by atoms with van der Waals surface area (Å²) in [5, 5.41) is 7.00. The van der Waals surface area contributed by atoms with Gasteiger partial charge in [0.15, 0.2) is 0 Å². The van der Waals surface area contributed by atoms with Gasteiger partial charge in [-0.25, -0.2) is 19.6 Å². The number of hydrogen-bond donors (Lipinski definition) is 2. The van der Waals surface area contributed by atoms with E-state index >= 15 is 19.2 Å². The number of halogens is 4. The van der Waals surface area contributed by atoms with E-state index in [0.717, 1.165) is 66.1 Å². The summed E-state index contributed by atoms with van der Waals surface area (Å²) in [6.45, 7) is 6.14. The molecule has 9 aliphatic rings. The first-order chi connectivity index (χ1) is 43.7. The lowest BCUT2D eigenvalue weighted by Crippen LogP contribution is -2.73. The van der Waals surface area contributed by atoms with Crippen molar-refractivity contribution in [1.29, 1.82) is 0 Å². The number of nitrogens with zero attached hydrogens (tertiary/aromatic N) is 4. The van der Waals surface area contributed by atoms with Crippen molar-refractivity contribution in [3.05, 3.63) is 142 Å². The molecule has 13 nitrogen and oxygen atoms in total. The molecular formula is C74H82ClF3N6O7. The van der Waals surface area contributed by atoms with Gasteiger partial charge in [0, 0.05) is 34.8 Å². The smallest absolute Gasteiger partial charge is 0.419 e. The Labute approximate surface area is 536 Å². The predicted molar refractivity (Wildman–Crippen MR) is 344 cm³/mol. The first kappa shape index (κ1) is 62.7. The van der Waals surface area contributed by atoms with E-state index in [0.29, 0.717) is 134 Å². The second kappa shape index (κ2) is 25.4. The van der Waals surface area contributed by atoms with Crippen molar-refractivity contribution in [2.75, 3.05) is 47.4 Å². The van der Waals surface area contributed by atoms with Crippen molar-refractivity contribution in [2.45, 2.75) is 133 Å². The van der Waals surface area contributed by atoms with Crippen molar-refractivity contribution in [3.8, 4) is 56.3 Å². The lowest BCUT2D eigenvalue weighted by Gasteiger charge is -2.60. The zero-order valence-corrected chi connectivity index (χ0v) is 53.4. The van der Waals surface area contributed by atoms with Crippen LogP contribution in [0.25, 0.3) is 44.8 Å². The monoisotopic (exact) mass is 1260 g/mol. The average molecular weight is 1260 g/mol. The van der Waals surface area contributed by atoms with Crippen LogP contribution in [-0.4, -0.2) is 108 Å². The van der Waals surface area contributed by atoms with Crippen LogP contribution < -0.4 is 20.1 Å². The lowest BCUT2D eigenvalue weighted by molar-refractivity contribution is -0.188. The Bertz CT molecular complexity index is 3720. The number of benzene rings is 4. The normalized spacial score (nSPS) is 27.2. The van der Waals surface area contributed by atoms with E-state index in [1.54, 1.807) is 24.3 Å². The minimum Gasteiger partial charge on any atom is -0.493 e. The number of ether oxygens (including phenoxy) is 3. The minimum atomic E-state index is -4.71. The van der Waals surface area contributed by atoms with Gasteiger partial charge in [0.1, 0.15) is 34.0 Å². The number of rotatable bonds is 19. The molecule has 9 fully saturated rings. The van der Waals surface area contributed by atoms with Gasteiger partial charge in [0.05, 0.1) is 35.2 Å². The maximum Gasteiger partial charge on any atom is 0.419 e. The van der Waals surface area contributed by atoms with E-state index in [-0.39, 0.29) is 53.1 Å². The predicted octanol–water partition coefficient (Wildman–Crippen LogP) is 14.6. The molecule has 2 amide bonds. The van der Waals surface area contributed by atoms with Crippen LogP contribution in [0.1, 0.15) is 134 Å². The van der Waals surface area contributed by atoms with Crippen LogP contribution in [0, 0.1) is 61.2 Å². The van der Waals surface area contributed by atoms with Crippen LogP contribution in [0.15, 0.2) is 109 Å². The molecule has 478 valence electrons. The summed E-state index contributed by atoms with van der Waals surface area (Å²) in [6.07, 6.45) is 7.50. The summed E-state index contributed by atoms with van der Waals surface area (Å²) < 4.78 is 62.7. The third kappa shape index (κ3) is 12.2. The number of amides is 2. The Balaban J connectivity index is 0.829. The van der Waals surface area contributed by atoms with E-state index in [2.05, 4.69) is 22.6 Å². The van der Waals surface area contributed by atoms with Gasteiger partial charge in [0.2, 0.25) is 0 Å². The SMILES string of the molecule is Cc1ccccc1-c1ccc(C(=O)NC2(C(=O)OC(=O)C3(NC(=O)c4ccc(-c5ccccc5C)c(-c5ccc(C(F)(F)F)c(OCCCN(C)C)c5)n4)C4CC5CC(C4)CC3C5)C3CC4CC(C3)CC2C4)nc1-c1ccc(Cl)c(OCCC2CCCCN2C)c1. The fourth-order valence-corrected chi connectivity index (χ4v) is 17.9. The number of esters is 2. The average Bonchev–Trinajstić information content (AvgIpc) is 0.732. The number of likely N-dealkylation sites (tertiary alicyclic amines) is 1. The Morgan fingerprint density at radius 2 is 1.08 bits per heavy atom. The third-order valence-electron chi connectivity index (χ3n) is 21.9. The lowest BCUT2D eigenvalue weighted by atomic mass is 9.48. The summed E-state index contributed by atoms with van der Waals surface area (Å²) in [7, 11) is 5.92. The van der Waals surface area contributed by atoms with Crippen LogP contribution >= 0.6 is 11.6 Å². The molecule has 6 aromatic rings. The molecule has 8 bridgehead atoms. The number of aryl methyl sites for hydroxylation is 2. The summed E-state index contributed by atoms with van der Waals surface area (Å²) in [4.78, 5) is 77.1. The summed E-state index contributed by atoms with van der Waals surface area (Å²) in [5.41, 5.74) is 2.60. The van der Waals surface area contributed by atoms with E-state index in [9.17, 15) is 13.2 Å². The second-order valence-corrected chi connectivity index (χ2v) is 28.3. The Morgan fingerprint density at radius 3 is 1.55 bits per heavy atom. The molecule has 2 N–H and O–H groups in total. The van der Waals surface area contributed by atoms with Crippen LogP contribution in [-0.2, 0) is 20.5 Å². The Morgan fingerprint density at radius 1 is 0.604 bits per heavy atom. The topological polar surface area (TPSA) is 152 Å². The Hall–Kier alpha value is -7.14. The van der Waals surface area contributed by atoms with Gasteiger partial charge in [-0.15, -0.1) is 0 Å². The van der Waals surface area contributed by atoms with Crippen molar-refractivity contribution < 1.29 is 46.6 Å². The largest absolute Gasteiger partial charge is 0.493 e. The van der Waals surface area contributed by atoms with E-state index in [4.69, 9.17) is 35.8 Å². The number of carbonyl (C=O) groups is 4. The van der Waals surface area contributed by atoms with Crippen molar-refractivity contribution in [1.82, 2.24) is 30.4 Å². The maximum atomic E-state index is 15.9. The number of hydrogen-bond acceptors (Lipinski definition) is 11. The van der Waals surface area contributed by atoms with Crippen LogP contribution in [0.2, 0.25) is 5.02 Å². The van der Waals surface area contributed by atoms with Crippen LogP contribution in [0.3, 0.4) is 0 Å².